The summed E-state index contributed by atoms with van der Waals surface area (Å²) in [6.07, 6.45) is 7.82. The van der Waals surface area contributed by atoms with Crippen molar-refractivity contribution in [2.75, 3.05) is 19.8 Å². The Kier molecular flexibility index (Phi) is 8.64. The van der Waals surface area contributed by atoms with Gasteiger partial charge in [0, 0.05) is 19.4 Å². The molecule has 2 aliphatic heterocycles. The summed E-state index contributed by atoms with van der Waals surface area (Å²) in [5.41, 5.74) is 0.846. The van der Waals surface area contributed by atoms with Crippen molar-refractivity contribution in [2.45, 2.75) is 57.0 Å². The van der Waals surface area contributed by atoms with Crippen molar-refractivity contribution in [3.63, 3.8) is 0 Å². The number of aliphatic hydroxyl groups excluding tert-OH is 1. The van der Waals surface area contributed by atoms with E-state index in [4.69, 9.17) is 4.74 Å². The van der Waals surface area contributed by atoms with Crippen LogP contribution in [0.15, 0.2) is 42.5 Å². The van der Waals surface area contributed by atoms with Gasteiger partial charge in [-0.05, 0) is 37.7 Å². The lowest BCUT2D eigenvalue weighted by molar-refractivity contribution is -0.145. The molecule has 1 fully saturated rings. The lowest BCUT2D eigenvalue weighted by atomic mass is 9.97. The predicted octanol–water partition coefficient (Wildman–Crippen LogP) is 2.51. The molecule has 0 radical (unpaired) electrons. The number of likely N-dealkylation sites (tertiary alicyclic amines) is 1. The highest BCUT2D eigenvalue weighted by Gasteiger charge is 2.32. The van der Waals surface area contributed by atoms with Crippen LogP contribution in [0.5, 0.6) is 0 Å². The van der Waals surface area contributed by atoms with E-state index in [0.717, 1.165) is 24.8 Å². The van der Waals surface area contributed by atoms with Gasteiger partial charge in [-0.2, -0.15) is 0 Å². The van der Waals surface area contributed by atoms with Crippen molar-refractivity contribution in [1.29, 1.82) is 0 Å². The minimum atomic E-state index is -0.522. The van der Waals surface area contributed by atoms with E-state index in [1.165, 1.54) is 0 Å². The third-order valence-corrected chi connectivity index (χ3v) is 5.97. The number of hydrogen-bond donors (Lipinski definition) is 2. The van der Waals surface area contributed by atoms with E-state index in [0.29, 0.717) is 25.8 Å². The van der Waals surface area contributed by atoms with Gasteiger partial charge in [0.25, 0.3) is 0 Å². The Bertz CT molecular complexity index is 779. The highest BCUT2D eigenvalue weighted by molar-refractivity contribution is 5.86. The van der Waals surface area contributed by atoms with Crippen LogP contribution in [0, 0.1) is 5.92 Å². The molecule has 31 heavy (non-hydrogen) atoms. The summed E-state index contributed by atoms with van der Waals surface area (Å²) in [7, 11) is 0. The van der Waals surface area contributed by atoms with E-state index >= 15 is 0 Å². The zero-order valence-electron chi connectivity index (χ0n) is 17.9. The predicted molar refractivity (Wildman–Crippen MR) is 116 cm³/mol. The van der Waals surface area contributed by atoms with Crippen LogP contribution < -0.4 is 5.32 Å². The largest absolute Gasteiger partial charge is 0.463 e. The quantitative estimate of drug-likeness (QED) is 0.568. The Morgan fingerprint density at radius 3 is 2.74 bits per heavy atom. The summed E-state index contributed by atoms with van der Waals surface area (Å²) in [6, 6.07) is 8.76. The maximum atomic E-state index is 13.2. The fourth-order valence-corrected chi connectivity index (χ4v) is 4.15. The van der Waals surface area contributed by atoms with Crippen LogP contribution in [-0.4, -0.2) is 53.6 Å². The number of allylic oxidation sites excluding steroid dienone is 2. The molecule has 0 aromatic heterocycles. The van der Waals surface area contributed by atoms with Gasteiger partial charge in [0.2, 0.25) is 11.8 Å². The van der Waals surface area contributed by atoms with Crippen LogP contribution in [0.2, 0.25) is 0 Å². The lowest BCUT2D eigenvalue weighted by Gasteiger charge is -2.26. The van der Waals surface area contributed by atoms with Gasteiger partial charge in [0.15, 0.2) is 0 Å². The molecule has 2 amide bonds. The second kappa shape index (κ2) is 11.6. The minimum absolute atomic E-state index is 0.0516. The molecule has 0 bridgehead atoms. The molecule has 2 aliphatic rings. The topological polar surface area (TPSA) is 95.9 Å². The molecule has 0 unspecified atom stereocenters. The molecule has 7 nitrogen and oxygen atoms in total. The zero-order valence-corrected chi connectivity index (χ0v) is 17.9. The van der Waals surface area contributed by atoms with Crippen LogP contribution in [0.4, 0.5) is 0 Å². The highest BCUT2D eigenvalue weighted by atomic mass is 16.5. The van der Waals surface area contributed by atoms with Gasteiger partial charge in [0.05, 0.1) is 24.6 Å². The SMILES string of the molecule is O=C1CCCC=CC[C@H](CC(=O)N2CCC[C@H]2CO)C(=O)N[C@@H](c2ccccc2)CO1. The summed E-state index contributed by atoms with van der Waals surface area (Å²) in [5, 5.41) is 12.5. The number of ether oxygens (including phenoxy) is 1. The number of amides is 2. The molecule has 1 saturated heterocycles. The second-order valence-electron chi connectivity index (χ2n) is 8.22. The third kappa shape index (κ3) is 6.66. The first kappa shape index (κ1) is 23.0. The first-order chi connectivity index (χ1) is 15.1. The van der Waals surface area contributed by atoms with E-state index in [-0.39, 0.29) is 43.5 Å². The second-order valence-corrected chi connectivity index (χ2v) is 8.22. The summed E-state index contributed by atoms with van der Waals surface area (Å²) >= 11 is 0. The van der Waals surface area contributed by atoms with Gasteiger partial charge in [0.1, 0.15) is 6.61 Å². The van der Waals surface area contributed by atoms with Crippen LogP contribution in [0.3, 0.4) is 0 Å². The smallest absolute Gasteiger partial charge is 0.305 e. The molecular weight excluding hydrogens is 396 g/mol. The molecule has 2 heterocycles. The fraction of sp³-hybridized carbons (Fsp3) is 0.542. The summed E-state index contributed by atoms with van der Waals surface area (Å²) < 4.78 is 5.42. The van der Waals surface area contributed by atoms with E-state index in [9.17, 15) is 19.5 Å². The molecule has 0 aliphatic carbocycles. The van der Waals surface area contributed by atoms with Crippen LogP contribution in [0.25, 0.3) is 0 Å². The van der Waals surface area contributed by atoms with Crippen molar-refractivity contribution >= 4 is 17.8 Å². The number of carbonyl (C=O) groups excluding carboxylic acids is 3. The van der Waals surface area contributed by atoms with Crippen LogP contribution >= 0.6 is 0 Å². The number of hydrogen-bond acceptors (Lipinski definition) is 5. The minimum Gasteiger partial charge on any atom is -0.463 e. The Morgan fingerprint density at radius 1 is 1.16 bits per heavy atom. The average Bonchev–Trinajstić information content (AvgIpc) is 3.27. The molecule has 0 spiro atoms. The molecule has 1 aromatic carbocycles. The molecule has 7 heteroatoms. The Hall–Kier alpha value is -2.67. The van der Waals surface area contributed by atoms with Gasteiger partial charge in [-0.3, -0.25) is 14.4 Å². The highest BCUT2D eigenvalue weighted by Crippen LogP contribution is 2.22. The summed E-state index contributed by atoms with van der Waals surface area (Å²) in [6.45, 7) is 0.627. The number of aliphatic hydroxyl groups is 1. The average molecular weight is 429 g/mol. The first-order valence-corrected chi connectivity index (χ1v) is 11.1. The molecule has 0 saturated carbocycles. The number of nitrogens with zero attached hydrogens (tertiary/aromatic N) is 1. The van der Waals surface area contributed by atoms with Gasteiger partial charge in [-0.25, -0.2) is 0 Å². The fourth-order valence-electron chi connectivity index (χ4n) is 4.15. The number of nitrogens with one attached hydrogen (secondary N) is 1. The molecular formula is C24H32N2O5. The molecule has 3 atom stereocenters. The molecule has 168 valence electrons. The first-order valence-electron chi connectivity index (χ1n) is 11.1. The van der Waals surface area contributed by atoms with E-state index in [1.54, 1.807) is 4.90 Å². The van der Waals surface area contributed by atoms with E-state index in [1.807, 2.05) is 42.5 Å². The maximum Gasteiger partial charge on any atom is 0.305 e. The van der Waals surface area contributed by atoms with E-state index < -0.39 is 12.0 Å². The summed E-state index contributed by atoms with van der Waals surface area (Å²) in [5.74, 6) is -1.14. The number of cyclic esters (lactones) is 1. The van der Waals surface area contributed by atoms with Gasteiger partial charge >= 0.3 is 5.97 Å². The van der Waals surface area contributed by atoms with Crippen molar-refractivity contribution in [2.24, 2.45) is 5.92 Å². The monoisotopic (exact) mass is 428 g/mol. The number of carbonyl (C=O) groups is 3. The standard InChI is InChI=1S/C24H32N2O5/c27-16-20-12-8-14-26(20)22(28)15-19-11-4-1-2-7-13-23(29)31-17-21(25-24(19)30)18-9-5-3-6-10-18/h1,3-6,9-10,19-21,27H,2,7-8,11-17H2,(H,25,30)/t19-,20+,21-/m1/s1. The number of esters is 1. The Labute approximate surface area is 183 Å². The van der Waals surface area contributed by atoms with Gasteiger partial charge in [-0.1, -0.05) is 42.5 Å². The lowest BCUT2D eigenvalue weighted by Crippen LogP contribution is -2.42. The normalized spacial score (nSPS) is 25.7. The van der Waals surface area contributed by atoms with Gasteiger partial charge < -0.3 is 20.1 Å². The molecule has 3 rings (SSSR count). The third-order valence-electron chi connectivity index (χ3n) is 5.97. The van der Waals surface area contributed by atoms with Crippen LogP contribution in [0.1, 0.15) is 56.6 Å². The molecule has 1 aromatic rings. The Balaban J connectivity index is 1.76. The number of rotatable bonds is 4. The van der Waals surface area contributed by atoms with E-state index in [2.05, 4.69) is 5.32 Å². The molecule has 2 N–H and O–H groups in total. The van der Waals surface area contributed by atoms with Crippen molar-refractivity contribution in [1.82, 2.24) is 10.2 Å². The van der Waals surface area contributed by atoms with Crippen LogP contribution in [-0.2, 0) is 19.1 Å². The van der Waals surface area contributed by atoms with Gasteiger partial charge in [-0.15, -0.1) is 0 Å². The maximum absolute atomic E-state index is 13.2. The zero-order chi connectivity index (χ0) is 22.1. The Morgan fingerprint density at radius 2 is 1.97 bits per heavy atom. The van der Waals surface area contributed by atoms with Crippen molar-refractivity contribution < 1.29 is 24.2 Å². The summed E-state index contributed by atoms with van der Waals surface area (Å²) in [4.78, 5) is 39.8. The van der Waals surface area contributed by atoms with Crippen molar-refractivity contribution in [3.8, 4) is 0 Å². The number of benzene rings is 1. The van der Waals surface area contributed by atoms with Crippen molar-refractivity contribution in [3.05, 3.63) is 48.0 Å².